The van der Waals surface area contributed by atoms with E-state index in [1.807, 2.05) is 34.1 Å². The summed E-state index contributed by atoms with van der Waals surface area (Å²) in [6, 6.07) is 11.9. The Labute approximate surface area is 177 Å². The quantitative estimate of drug-likeness (QED) is 0.764. The van der Waals surface area contributed by atoms with E-state index in [9.17, 15) is 9.59 Å². The van der Waals surface area contributed by atoms with E-state index in [1.165, 1.54) is 5.56 Å². The van der Waals surface area contributed by atoms with Gasteiger partial charge in [-0.05, 0) is 54.5 Å². The van der Waals surface area contributed by atoms with E-state index in [1.54, 1.807) is 12.4 Å². The molecule has 2 aliphatic heterocycles. The maximum atomic E-state index is 12.6. The van der Waals surface area contributed by atoms with Gasteiger partial charge in [-0.25, -0.2) is 0 Å². The fraction of sp³-hybridized carbons (Fsp3) is 0.458. The first-order valence-electron chi connectivity index (χ1n) is 10.8. The number of ether oxygens (including phenoxy) is 1. The standard InChI is InChI=1S/C24H29N3O3/c28-23(17-21-2-1-9-25-18-21)26-10-7-20(8-11-26)16-19-3-5-22(6-4-19)24(29)27-12-14-30-15-13-27/h1-6,9,18,20H,7-8,10-17H2. The molecule has 2 fully saturated rings. The van der Waals surface area contributed by atoms with E-state index in [0.717, 1.165) is 43.5 Å². The highest BCUT2D eigenvalue weighted by molar-refractivity contribution is 5.94. The van der Waals surface area contributed by atoms with Crippen LogP contribution in [0.2, 0.25) is 0 Å². The normalized spacial score (nSPS) is 17.7. The van der Waals surface area contributed by atoms with Crippen molar-refractivity contribution in [1.82, 2.24) is 14.8 Å². The molecule has 2 aromatic rings. The largest absolute Gasteiger partial charge is 0.378 e. The molecule has 30 heavy (non-hydrogen) atoms. The third-order valence-electron chi connectivity index (χ3n) is 6.07. The molecule has 2 amide bonds. The molecule has 0 bridgehead atoms. The summed E-state index contributed by atoms with van der Waals surface area (Å²) in [5, 5.41) is 0. The van der Waals surface area contributed by atoms with Gasteiger partial charge in [-0.1, -0.05) is 18.2 Å². The maximum Gasteiger partial charge on any atom is 0.254 e. The third-order valence-corrected chi connectivity index (χ3v) is 6.07. The van der Waals surface area contributed by atoms with Crippen LogP contribution in [0.15, 0.2) is 48.8 Å². The molecule has 1 aromatic heterocycles. The van der Waals surface area contributed by atoms with Gasteiger partial charge in [0.15, 0.2) is 0 Å². The summed E-state index contributed by atoms with van der Waals surface area (Å²) < 4.78 is 5.32. The lowest BCUT2D eigenvalue weighted by Gasteiger charge is -2.32. The van der Waals surface area contributed by atoms with Gasteiger partial charge < -0.3 is 14.5 Å². The van der Waals surface area contributed by atoms with Gasteiger partial charge >= 0.3 is 0 Å². The molecule has 0 atom stereocenters. The zero-order chi connectivity index (χ0) is 20.8. The summed E-state index contributed by atoms with van der Waals surface area (Å²) in [6.07, 6.45) is 6.96. The summed E-state index contributed by atoms with van der Waals surface area (Å²) in [5.74, 6) is 0.853. The number of hydrogen-bond acceptors (Lipinski definition) is 4. The van der Waals surface area contributed by atoms with Crippen LogP contribution in [0.25, 0.3) is 0 Å². The minimum absolute atomic E-state index is 0.0882. The number of aromatic nitrogens is 1. The van der Waals surface area contributed by atoms with Crippen molar-refractivity contribution in [2.24, 2.45) is 5.92 Å². The van der Waals surface area contributed by atoms with Gasteiger partial charge in [-0.3, -0.25) is 14.6 Å². The van der Waals surface area contributed by atoms with Gasteiger partial charge in [0.1, 0.15) is 0 Å². The average molecular weight is 408 g/mol. The van der Waals surface area contributed by atoms with E-state index in [2.05, 4.69) is 17.1 Å². The molecule has 2 saturated heterocycles. The zero-order valence-corrected chi connectivity index (χ0v) is 17.3. The summed E-state index contributed by atoms with van der Waals surface area (Å²) in [4.78, 5) is 33.0. The van der Waals surface area contributed by atoms with Crippen molar-refractivity contribution in [3.8, 4) is 0 Å². The lowest BCUT2D eigenvalue weighted by molar-refractivity contribution is -0.131. The van der Waals surface area contributed by atoms with Crippen LogP contribution in [0.3, 0.4) is 0 Å². The Morgan fingerprint density at radius 2 is 1.67 bits per heavy atom. The second-order valence-corrected chi connectivity index (χ2v) is 8.17. The van der Waals surface area contributed by atoms with Crippen LogP contribution in [-0.4, -0.2) is 66.0 Å². The van der Waals surface area contributed by atoms with E-state index in [4.69, 9.17) is 4.74 Å². The molecule has 2 aliphatic rings. The number of hydrogen-bond donors (Lipinski definition) is 0. The fourth-order valence-electron chi connectivity index (χ4n) is 4.24. The topological polar surface area (TPSA) is 62.7 Å². The maximum absolute atomic E-state index is 12.6. The molecular weight excluding hydrogens is 378 g/mol. The number of piperidine rings is 1. The van der Waals surface area contributed by atoms with Crippen molar-refractivity contribution < 1.29 is 14.3 Å². The molecule has 158 valence electrons. The number of carbonyl (C=O) groups excluding carboxylic acids is 2. The number of rotatable bonds is 5. The molecule has 1 aromatic carbocycles. The monoisotopic (exact) mass is 407 g/mol. The van der Waals surface area contributed by atoms with Crippen molar-refractivity contribution in [2.75, 3.05) is 39.4 Å². The Morgan fingerprint density at radius 1 is 0.933 bits per heavy atom. The van der Waals surface area contributed by atoms with Gasteiger partial charge in [-0.15, -0.1) is 0 Å². The van der Waals surface area contributed by atoms with Crippen LogP contribution in [0, 0.1) is 5.92 Å². The highest BCUT2D eigenvalue weighted by Gasteiger charge is 2.23. The Balaban J connectivity index is 1.24. The average Bonchev–Trinajstić information content (AvgIpc) is 2.81. The number of carbonyl (C=O) groups is 2. The van der Waals surface area contributed by atoms with Gasteiger partial charge in [0, 0.05) is 44.1 Å². The van der Waals surface area contributed by atoms with Crippen LogP contribution in [0.5, 0.6) is 0 Å². The molecule has 0 spiro atoms. The summed E-state index contributed by atoms with van der Waals surface area (Å²) >= 11 is 0. The molecular formula is C24H29N3O3. The highest BCUT2D eigenvalue weighted by atomic mass is 16.5. The Bertz CT molecular complexity index is 840. The van der Waals surface area contributed by atoms with Crippen LogP contribution < -0.4 is 0 Å². The highest BCUT2D eigenvalue weighted by Crippen LogP contribution is 2.23. The van der Waals surface area contributed by atoms with Gasteiger partial charge in [0.05, 0.1) is 19.6 Å². The minimum Gasteiger partial charge on any atom is -0.378 e. The summed E-state index contributed by atoms with van der Waals surface area (Å²) in [7, 11) is 0. The van der Waals surface area contributed by atoms with E-state index >= 15 is 0 Å². The van der Waals surface area contributed by atoms with Crippen molar-refractivity contribution >= 4 is 11.8 Å². The molecule has 3 heterocycles. The van der Waals surface area contributed by atoms with Crippen molar-refractivity contribution in [3.05, 3.63) is 65.5 Å². The minimum atomic E-state index is 0.0882. The summed E-state index contributed by atoms with van der Waals surface area (Å²) in [6.45, 7) is 4.20. The molecule has 4 rings (SSSR count). The number of nitrogens with zero attached hydrogens (tertiary/aromatic N) is 3. The van der Waals surface area contributed by atoms with Gasteiger partial charge in [0.2, 0.25) is 5.91 Å². The smallest absolute Gasteiger partial charge is 0.254 e. The lowest BCUT2D eigenvalue weighted by Crippen LogP contribution is -2.40. The molecule has 0 N–H and O–H groups in total. The van der Waals surface area contributed by atoms with Crippen molar-refractivity contribution in [3.63, 3.8) is 0 Å². The van der Waals surface area contributed by atoms with Crippen molar-refractivity contribution in [1.29, 1.82) is 0 Å². The first-order chi connectivity index (χ1) is 14.7. The van der Waals surface area contributed by atoms with Crippen LogP contribution >= 0.6 is 0 Å². The number of likely N-dealkylation sites (tertiary alicyclic amines) is 1. The Hall–Kier alpha value is -2.73. The van der Waals surface area contributed by atoms with Gasteiger partial charge in [-0.2, -0.15) is 0 Å². The molecule has 0 unspecified atom stereocenters. The second kappa shape index (κ2) is 9.85. The van der Waals surface area contributed by atoms with E-state index in [-0.39, 0.29) is 11.8 Å². The fourth-order valence-corrected chi connectivity index (χ4v) is 4.24. The number of pyridine rings is 1. The SMILES string of the molecule is O=C(Cc1cccnc1)N1CCC(Cc2ccc(C(=O)N3CCOCC3)cc2)CC1. The van der Waals surface area contributed by atoms with E-state index < -0.39 is 0 Å². The molecule has 0 aliphatic carbocycles. The Kier molecular flexibility index (Phi) is 6.74. The number of morpholine rings is 1. The summed E-state index contributed by atoms with van der Waals surface area (Å²) in [5.41, 5.74) is 2.97. The molecule has 6 heteroatoms. The van der Waals surface area contributed by atoms with Crippen LogP contribution in [0.1, 0.15) is 34.3 Å². The predicted molar refractivity (Wildman–Crippen MR) is 114 cm³/mol. The Morgan fingerprint density at radius 3 is 2.33 bits per heavy atom. The van der Waals surface area contributed by atoms with Crippen LogP contribution in [0.4, 0.5) is 0 Å². The molecule has 6 nitrogen and oxygen atoms in total. The van der Waals surface area contributed by atoms with Gasteiger partial charge in [0.25, 0.3) is 5.91 Å². The molecule has 0 saturated carbocycles. The first-order valence-corrected chi connectivity index (χ1v) is 10.8. The molecule has 0 radical (unpaired) electrons. The van der Waals surface area contributed by atoms with Crippen molar-refractivity contribution in [2.45, 2.75) is 25.7 Å². The lowest BCUT2D eigenvalue weighted by atomic mass is 9.89. The van der Waals surface area contributed by atoms with Crippen LogP contribution in [-0.2, 0) is 22.4 Å². The number of amides is 2. The second-order valence-electron chi connectivity index (χ2n) is 8.17. The predicted octanol–water partition coefficient (Wildman–Crippen LogP) is 2.58. The number of benzene rings is 1. The van der Waals surface area contributed by atoms with E-state index in [0.29, 0.717) is 38.6 Å². The first kappa shape index (κ1) is 20.5. The third kappa shape index (κ3) is 5.25. The zero-order valence-electron chi connectivity index (χ0n) is 17.3.